The molecular formula is C20H19Cl3Ti. The Morgan fingerprint density at radius 3 is 1.54 bits per heavy atom. The Morgan fingerprint density at radius 1 is 0.792 bits per heavy atom. The van der Waals surface area contributed by atoms with Crippen LogP contribution in [0.25, 0.3) is 0 Å². The molecular weight excluding hydrogens is 394 g/mol. The minimum atomic E-state index is -0.100. The summed E-state index contributed by atoms with van der Waals surface area (Å²) >= 11 is 0. The van der Waals surface area contributed by atoms with E-state index in [0.717, 1.165) is 6.42 Å². The largest absolute Gasteiger partial charge is 4.00 e. The summed E-state index contributed by atoms with van der Waals surface area (Å²) in [4.78, 5) is 0. The second-order valence-electron chi connectivity index (χ2n) is 5.55. The molecule has 4 heteroatoms. The fourth-order valence-electron chi connectivity index (χ4n) is 2.98. The summed E-state index contributed by atoms with van der Waals surface area (Å²) < 4.78 is 0. The van der Waals surface area contributed by atoms with Crippen LogP contribution in [0.5, 0.6) is 0 Å². The van der Waals surface area contributed by atoms with Crippen molar-refractivity contribution in [3.63, 3.8) is 0 Å². The molecule has 2 aromatic rings. The number of benzene rings is 2. The van der Waals surface area contributed by atoms with Crippen LogP contribution >= 0.6 is 0 Å². The van der Waals surface area contributed by atoms with E-state index in [2.05, 4.69) is 86.7 Å². The molecule has 3 rings (SSSR count). The molecule has 0 aromatic heterocycles. The van der Waals surface area contributed by atoms with Gasteiger partial charge in [-0.1, -0.05) is 74.0 Å². The minimum absolute atomic E-state index is 0. The predicted molar refractivity (Wildman–Crippen MR) is 84.5 cm³/mol. The molecule has 0 fully saturated rings. The number of hydrogen-bond acceptors (Lipinski definition) is 0. The van der Waals surface area contributed by atoms with E-state index in [0.29, 0.717) is 0 Å². The van der Waals surface area contributed by atoms with E-state index in [-0.39, 0.29) is 64.4 Å². The Labute approximate surface area is 178 Å². The van der Waals surface area contributed by atoms with Crippen LogP contribution in [0.4, 0.5) is 0 Å². The SMILES string of the molecule is CC1=CCC(C(C)(c2ccccc2)c2ccccc2)=[C-]1.[Cl-].[Cl-].[Cl-].[Ti+4]. The van der Waals surface area contributed by atoms with E-state index in [9.17, 15) is 0 Å². The molecule has 0 saturated heterocycles. The average molecular weight is 414 g/mol. The van der Waals surface area contributed by atoms with Gasteiger partial charge in [0.2, 0.25) is 0 Å². The fraction of sp³-hybridized carbons (Fsp3) is 0.200. The third-order valence-electron chi connectivity index (χ3n) is 4.27. The van der Waals surface area contributed by atoms with E-state index in [1.165, 1.54) is 22.3 Å². The quantitative estimate of drug-likeness (QED) is 0.356. The number of halogens is 3. The van der Waals surface area contributed by atoms with E-state index in [1.54, 1.807) is 0 Å². The maximum Gasteiger partial charge on any atom is 4.00 e. The first kappa shape index (κ1) is 25.7. The van der Waals surface area contributed by atoms with Gasteiger partial charge in [-0.15, -0.1) is 0 Å². The molecule has 124 valence electrons. The Kier molecular flexibility index (Phi) is 12.0. The summed E-state index contributed by atoms with van der Waals surface area (Å²) in [7, 11) is 0. The van der Waals surface area contributed by atoms with Gasteiger partial charge in [-0.25, -0.2) is 17.7 Å². The van der Waals surface area contributed by atoms with Crippen LogP contribution in [-0.4, -0.2) is 0 Å². The predicted octanol–water partition coefficient (Wildman–Crippen LogP) is -3.92. The zero-order valence-corrected chi connectivity index (χ0v) is 17.5. The summed E-state index contributed by atoms with van der Waals surface area (Å²) in [5, 5.41) is 0. The van der Waals surface area contributed by atoms with E-state index in [4.69, 9.17) is 0 Å². The Morgan fingerprint density at radius 2 is 1.21 bits per heavy atom. The van der Waals surface area contributed by atoms with Crippen molar-refractivity contribution in [1.82, 2.24) is 0 Å². The minimum Gasteiger partial charge on any atom is -1.00 e. The Balaban J connectivity index is 0. The Bertz CT molecular complexity index is 624. The van der Waals surface area contributed by atoms with Crippen LogP contribution in [0, 0.1) is 6.08 Å². The first-order valence-electron chi connectivity index (χ1n) is 7.12. The van der Waals surface area contributed by atoms with Gasteiger partial charge >= 0.3 is 21.7 Å². The van der Waals surface area contributed by atoms with Gasteiger partial charge in [0.25, 0.3) is 0 Å². The number of rotatable bonds is 3. The van der Waals surface area contributed by atoms with E-state index >= 15 is 0 Å². The molecule has 0 aliphatic heterocycles. The van der Waals surface area contributed by atoms with Crippen LogP contribution in [-0.2, 0) is 27.1 Å². The van der Waals surface area contributed by atoms with Crippen molar-refractivity contribution < 1.29 is 58.9 Å². The van der Waals surface area contributed by atoms with Crippen molar-refractivity contribution >= 4 is 0 Å². The number of hydrogen-bond donors (Lipinski definition) is 0. The van der Waals surface area contributed by atoms with Gasteiger partial charge in [-0.05, 0) is 18.1 Å². The maximum absolute atomic E-state index is 3.57. The first-order chi connectivity index (χ1) is 9.71. The molecule has 0 saturated carbocycles. The summed E-state index contributed by atoms with van der Waals surface area (Å²) in [6.07, 6.45) is 6.82. The fourth-order valence-corrected chi connectivity index (χ4v) is 2.98. The van der Waals surface area contributed by atoms with Gasteiger partial charge in [0.1, 0.15) is 0 Å². The van der Waals surface area contributed by atoms with Crippen LogP contribution in [0.1, 0.15) is 31.4 Å². The summed E-state index contributed by atoms with van der Waals surface area (Å²) in [5.74, 6) is 0. The molecule has 0 N–H and O–H groups in total. The molecule has 1 aliphatic rings. The molecule has 0 atom stereocenters. The van der Waals surface area contributed by atoms with Crippen LogP contribution in [0.3, 0.4) is 0 Å². The smallest absolute Gasteiger partial charge is 1.00 e. The van der Waals surface area contributed by atoms with Gasteiger partial charge < -0.3 is 37.2 Å². The topological polar surface area (TPSA) is 0 Å². The molecule has 0 unspecified atom stereocenters. The molecule has 0 radical (unpaired) electrons. The van der Waals surface area contributed by atoms with Crippen molar-refractivity contribution in [2.75, 3.05) is 0 Å². The molecule has 0 heterocycles. The van der Waals surface area contributed by atoms with Gasteiger partial charge in [-0.3, -0.25) is 0 Å². The molecule has 0 bridgehead atoms. The average Bonchev–Trinajstić information content (AvgIpc) is 2.95. The van der Waals surface area contributed by atoms with Gasteiger partial charge in [0.15, 0.2) is 0 Å². The molecule has 0 amide bonds. The van der Waals surface area contributed by atoms with Crippen molar-refractivity contribution in [1.29, 1.82) is 0 Å². The summed E-state index contributed by atoms with van der Waals surface area (Å²) in [6.45, 7) is 4.44. The van der Waals surface area contributed by atoms with Crippen LogP contribution < -0.4 is 37.2 Å². The van der Waals surface area contributed by atoms with Crippen LogP contribution in [0.2, 0.25) is 0 Å². The molecule has 0 nitrogen and oxygen atoms in total. The van der Waals surface area contributed by atoms with Gasteiger partial charge in [-0.2, -0.15) is 5.57 Å². The second kappa shape index (κ2) is 11.2. The van der Waals surface area contributed by atoms with Gasteiger partial charge in [0.05, 0.1) is 0 Å². The first-order valence-corrected chi connectivity index (χ1v) is 7.12. The number of allylic oxidation sites excluding steroid dienone is 4. The van der Waals surface area contributed by atoms with Crippen LogP contribution in [0.15, 0.2) is 77.9 Å². The van der Waals surface area contributed by atoms with E-state index < -0.39 is 0 Å². The Hall–Kier alpha value is -0.496. The van der Waals surface area contributed by atoms with Crippen molar-refractivity contribution in [3.05, 3.63) is 95.1 Å². The van der Waals surface area contributed by atoms with Crippen molar-refractivity contribution in [3.8, 4) is 0 Å². The molecule has 24 heavy (non-hydrogen) atoms. The molecule has 1 aliphatic carbocycles. The van der Waals surface area contributed by atoms with Crippen molar-refractivity contribution in [2.24, 2.45) is 0 Å². The molecule has 0 spiro atoms. The zero-order valence-electron chi connectivity index (χ0n) is 13.7. The second-order valence-corrected chi connectivity index (χ2v) is 5.55. The van der Waals surface area contributed by atoms with E-state index in [1.807, 2.05) is 0 Å². The normalized spacial score (nSPS) is 12.4. The van der Waals surface area contributed by atoms with Crippen molar-refractivity contribution in [2.45, 2.75) is 25.7 Å². The standard InChI is InChI=1S/C20H19.3ClH.Ti/c1-16-13-14-19(15-16)20(2,17-9-5-3-6-10-17)18-11-7-4-8-12-18;;;;/h3-13H,14H2,1-2H3;3*1H;/q-1;;;;+4/p-3. The maximum atomic E-state index is 3.57. The van der Waals surface area contributed by atoms with Gasteiger partial charge in [0, 0.05) is 5.41 Å². The summed E-state index contributed by atoms with van der Waals surface area (Å²) in [6, 6.07) is 21.5. The summed E-state index contributed by atoms with van der Waals surface area (Å²) in [5.41, 5.74) is 5.16. The third kappa shape index (κ3) is 5.00. The zero-order chi connectivity index (χ0) is 14.0. The monoisotopic (exact) mass is 412 g/mol. The third-order valence-corrected chi connectivity index (χ3v) is 4.27. The molecule has 2 aromatic carbocycles.